The predicted molar refractivity (Wildman–Crippen MR) is 82.8 cm³/mol. The lowest BCUT2D eigenvalue weighted by Crippen LogP contribution is -2.23. The number of hydrogen-bond acceptors (Lipinski definition) is 6. The second kappa shape index (κ2) is 6.75. The van der Waals surface area contributed by atoms with Crippen LogP contribution in [-0.2, 0) is 16.1 Å². The van der Waals surface area contributed by atoms with E-state index < -0.39 is 17.7 Å². The molecule has 1 amide bonds. The van der Waals surface area contributed by atoms with E-state index in [0.29, 0.717) is 4.70 Å². The van der Waals surface area contributed by atoms with Gasteiger partial charge in [0.05, 0.1) is 23.0 Å². The van der Waals surface area contributed by atoms with Crippen molar-refractivity contribution >= 4 is 33.4 Å². The van der Waals surface area contributed by atoms with Gasteiger partial charge in [0.25, 0.3) is 0 Å². The number of aromatic nitrogens is 2. The van der Waals surface area contributed by atoms with Crippen molar-refractivity contribution in [1.29, 1.82) is 0 Å². The van der Waals surface area contributed by atoms with Crippen LogP contribution in [0.5, 0.6) is 0 Å². The average Bonchev–Trinajstić information content (AvgIpc) is 3.17. The van der Waals surface area contributed by atoms with Gasteiger partial charge in [0, 0.05) is 6.07 Å². The highest BCUT2D eigenvalue weighted by Gasteiger charge is 2.16. The number of benzene rings is 1. The molecule has 0 saturated heterocycles. The van der Waals surface area contributed by atoms with Crippen molar-refractivity contribution < 1.29 is 23.2 Å². The van der Waals surface area contributed by atoms with Gasteiger partial charge in [0.2, 0.25) is 5.76 Å². The van der Waals surface area contributed by atoms with Crippen LogP contribution in [0.25, 0.3) is 10.2 Å². The van der Waals surface area contributed by atoms with Crippen LogP contribution in [0.2, 0.25) is 0 Å². The molecule has 124 valence electrons. The van der Waals surface area contributed by atoms with Crippen LogP contribution in [0.1, 0.15) is 17.5 Å². The van der Waals surface area contributed by atoms with Crippen molar-refractivity contribution in [3.8, 4) is 0 Å². The van der Waals surface area contributed by atoms with Crippen LogP contribution in [0.15, 0.2) is 40.0 Å². The summed E-state index contributed by atoms with van der Waals surface area (Å²) in [4.78, 5) is 28.0. The summed E-state index contributed by atoms with van der Waals surface area (Å²) in [6.45, 7) is 1.62. The predicted octanol–water partition coefficient (Wildman–Crippen LogP) is 2.13. The van der Waals surface area contributed by atoms with Gasteiger partial charge in [0.1, 0.15) is 12.4 Å². The first-order chi connectivity index (χ1) is 11.6. The summed E-state index contributed by atoms with van der Waals surface area (Å²) in [5, 5.41) is 3.44. The maximum absolute atomic E-state index is 14.2. The van der Waals surface area contributed by atoms with Crippen molar-refractivity contribution in [1.82, 2.24) is 9.72 Å². The monoisotopic (exact) mass is 349 g/mol. The maximum atomic E-state index is 14.2. The zero-order valence-electron chi connectivity index (χ0n) is 12.6. The normalized spacial score (nSPS) is 11.8. The second-order valence-electron chi connectivity index (χ2n) is 4.66. The van der Waals surface area contributed by atoms with Gasteiger partial charge >= 0.3 is 11.9 Å². The number of carbonyl (C=O) groups is 2. The van der Waals surface area contributed by atoms with E-state index in [0.717, 1.165) is 11.3 Å². The number of ether oxygens (including phenoxy) is 1. The van der Waals surface area contributed by atoms with E-state index in [1.807, 2.05) is 0 Å². The minimum Gasteiger partial charge on any atom is -0.465 e. The highest BCUT2D eigenvalue weighted by Crippen LogP contribution is 2.20. The second-order valence-corrected chi connectivity index (χ2v) is 5.67. The number of esters is 1. The molecule has 0 saturated carbocycles. The molecule has 0 fully saturated rings. The van der Waals surface area contributed by atoms with Gasteiger partial charge in [-0.25, -0.2) is 4.39 Å². The van der Waals surface area contributed by atoms with Gasteiger partial charge in [-0.2, -0.15) is 4.99 Å². The Kier molecular flexibility index (Phi) is 4.52. The molecule has 9 heteroatoms. The molecule has 0 aliphatic carbocycles. The molecule has 24 heavy (non-hydrogen) atoms. The summed E-state index contributed by atoms with van der Waals surface area (Å²) in [7, 11) is 0. The van der Waals surface area contributed by atoms with Gasteiger partial charge < -0.3 is 13.8 Å². The zero-order valence-corrected chi connectivity index (χ0v) is 13.4. The Labute approximate surface area is 139 Å². The quantitative estimate of drug-likeness (QED) is 0.674. The van der Waals surface area contributed by atoms with Crippen molar-refractivity contribution in [2.45, 2.75) is 13.5 Å². The fraction of sp³-hybridized carbons (Fsp3) is 0.200. The summed E-state index contributed by atoms with van der Waals surface area (Å²) in [5.41, 5.74) is 0.194. The van der Waals surface area contributed by atoms with Crippen molar-refractivity contribution in [2.75, 3.05) is 6.61 Å². The minimum absolute atomic E-state index is 0.0457. The first kappa shape index (κ1) is 16.1. The molecule has 0 N–H and O–H groups in total. The topological polar surface area (TPSA) is 86.7 Å². The summed E-state index contributed by atoms with van der Waals surface area (Å²) in [6, 6.07) is 5.88. The van der Waals surface area contributed by atoms with Crippen LogP contribution in [-0.4, -0.2) is 28.2 Å². The van der Waals surface area contributed by atoms with Gasteiger partial charge in [-0.3, -0.25) is 9.59 Å². The average molecular weight is 349 g/mol. The molecule has 3 aromatic rings. The minimum atomic E-state index is -0.669. The Morgan fingerprint density at radius 1 is 1.42 bits per heavy atom. The van der Waals surface area contributed by atoms with E-state index in [1.165, 1.54) is 22.9 Å². The number of carbonyl (C=O) groups excluding carboxylic acids is 2. The third kappa shape index (κ3) is 3.11. The van der Waals surface area contributed by atoms with E-state index in [2.05, 4.69) is 10.1 Å². The smallest absolute Gasteiger partial charge is 0.326 e. The molecule has 0 radical (unpaired) electrons. The Hall–Kier alpha value is -2.81. The molecular formula is C15H12FN3O4S. The van der Waals surface area contributed by atoms with E-state index in [-0.39, 0.29) is 29.2 Å². The number of thiazole rings is 1. The highest BCUT2D eigenvalue weighted by atomic mass is 32.1. The molecule has 0 spiro atoms. The van der Waals surface area contributed by atoms with Gasteiger partial charge in [-0.1, -0.05) is 22.6 Å². The lowest BCUT2D eigenvalue weighted by molar-refractivity contribution is -0.143. The number of amides is 1. The summed E-state index contributed by atoms with van der Waals surface area (Å²) in [6.07, 6.45) is 1.32. The van der Waals surface area contributed by atoms with Gasteiger partial charge in [0.15, 0.2) is 4.80 Å². The molecule has 0 unspecified atom stereocenters. The largest absolute Gasteiger partial charge is 0.465 e. The molecule has 0 atom stereocenters. The van der Waals surface area contributed by atoms with Crippen molar-refractivity contribution in [2.24, 2.45) is 4.99 Å². The highest BCUT2D eigenvalue weighted by molar-refractivity contribution is 7.16. The third-order valence-corrected chi connectivity index (χ3v) is 4.13. The molecule has 1 aromatic carbocycles. The summed E-state index contributed by atoms with van der Waals surface area (Å²) >= 11 is 1.09. The van der Waals surface area contributed by atoms with Crippen molar-refractivity contribution in [3.63, 3.8) is 0 Å². The first-order valence-electron chi connectivity index (χ1n) is 7.03. The van der Waals surface area contributed by atoms with E-state index >= 15 is 0 Å². The van der Waals surface area contributed by atoms with Crippen LogP contribution in [0.4, 0.5) is 4.39 Å². The Morgan fingerprint density at radius 2 is 2.25 bits per heavy atom. The molecule has 0 aliphatic heterocycles. The Balaban J connectivity index is 2.14. The Morgan fingerprint density at radius 3 is 2.96 bits per heavy atom. The van der Waals surface area contributed by atoms with Crippen LogP contribution in [0, 0.1) is 5.82 Å². The number of rotatable bonds is 4. The van der Waals surface area contributed by atoms with Crippen LogP contribution < -0.4 is 4.80 Å². The lowest BCUT2D eigenvalue weighted by Gasteiger charge is -2.05. The SMILES string of the molecule is CCOC(=O)Cn1c(=NC(=O)c2ccno2)sc2cccc(F)c21. The zero-order chi connectivity index (χ0) is 17.1. The third-order valence-electron chi connectivity index (χ3n) is 3.09. The number of fused-ring (bicyclic) bond motifs is 1. The van der Waals surface area contributed by atoms with Gasteiger partial charge in [-0.15, -0.1) is 0 Å². The fourth-order valence-corrected chi connectivity index (χ4v) is 3.16. The first-order valence-corrected chi connectivity index (χ1v) is 7.85. The van der Waals surface area contributed by atoms with E-state index in [1.54, 1.807) is 19.1 Å². The van der Waals surface area contributed by atoms with Crippen molar-refractivity contribution in [3.05, 3.63) is 46.8 Å². The summed E-state index contributed by atoms with van der Waals surface area (Å²) in [5.74, 6) is -1.77. The van der Waals surface area contributed by atoms with E-state index in [4.69, 9.17) is 9.26 Å². The summed E-state index contributed by atoms with van der Waals surface area (Å²) < 4.78 is 25.7. The molecule has 2 aromatic heterocycles. The molecule has 7 nitrogen and oxygen atoms in total. The molecule has 0 aliphatic rings. The Bertz CT molecular complexity index is 959. The molecule has 0 bridgehead atoms. The van der Waals surface area contributed by atoms with E-state index in [9.17, 15) is 14.0 Å². The molecular weight excluding hydrogens is 337 g/mol. The number of nitrogens with zero attached hydrogens (tertiary/aromatic N) is 3. The number of hydrogen-bond donors (Lipinski definition) is 0. The fourth-order valence-electron chi connectivity index (χ4n) is 2.12. The molecule has 3 rings (SSSR count). The van der Waals surface area contributed by atoms with Gasteiger partial charge in [-0.05, 0) is 19.1 Å². The lowest BCUT2D eigenvalue weighted by atomic mass is 10.3. The maximum Gasteiger partial charge on any atom is 0.326 e. The van der Waals surface area contributed by atoms with Crippen LogP contribution in [0.3, 0.4) is 0 Å². The molecule has 2 heterocycles. The number of para-hydroxylation sites is 1. The van der Waals surface area contributed by atoms with Crippen LogP contribution >= 0.6 is 11.3 Å². The standard InChI is InChI=1S/C15H12FN3O4S/c1-2-22-12(20)8-19-13-9(16)4-3-5-11(13)24-15(19)18-14(21)10-6-7-17-23-10/h3-7H,2,8H2,1H3. The number of halogens is 1.